The van der Waals surface area contributed by atoms with Crippen LogP contribution in [-0.4, -0.2) is 27.0 Å². The highest BCUT2D eigenvalue weighted by atomic mass is 32.1. The molecule has 1 aliphatic heterocycles. The molecular formula is C12H9N3O3S. The SMILES string of the molecule is O=C(O)c1csc2c1NC(c1ccccn1)=NC2O. The number of hydrogen-bond acceptors (Lipinski definition) is 6. The highest BCUT2D eigenvalue weighted by Gasteiger charge is 2.27. The number of hydrogen-bond donors (Lipinski definition) is 3. The Balaban J connectivity index is 2.04. The number of fused-ring (bicyclic) bond motifs is 1. The number of aromatic nitrogens is 1. The first kappa shape index (κ1) is 11.8. The molecule has 96 valence electrons. The molecule has 1 unspecified atom stereocenters. The number of carbonyl (C=O) groups is 1. The van der Waals surface area contributed by atoms with Crippen LogP contribution in [-0.2, 0) is 0 Å². The Morgan fingerprint density at radius 2 is 2.26 bits per heavy atom. The van der Waals surface area contributed by atoms with Crippen molar-refractivity contribution in [1.29, 1.82) is 0 Å². The number of carboxylic acids is 1. The Bertz CT molecular complexity index is 666. The second-order valence-corrected chi connectivity index (χ2v) is 4.80. The van der Waals surface area contributed by atoms with Crippen molar-refractivity contribution < 1.29 is 15.0 Å². The van der Waals surface area contributed by atoms with E-state index in [0.717, 1.165) is 11.3 Å². The molecular weight excluding hydrogens is 266 g/mol. The number of nitrogens with zero attached hydrogens (tertiary/aromatic N) is 2. The maximum absolute atomic E-state index is 11.1. The third-order valence-corrected chi connectivity index (χ3v) is 3.71. The van der Waals surface area contributed by atoms with E-state index in [2.05, 4.69) is 15.3 Å². The van der Waals surface area contributed by atoms with Crippen LogP contribution in [0, 0.1) is 0 Å². The fourth-order valence-electron chi connectivity index (χ4n) is 1.81. The maximum atomic E-state index is 11.1. The normalized spacial score (nSPS) is 17.3. The lowest BCUT2D eigenvalue weighted by atomic mass is 10.2. The lowest BCUT2D eigenvalue weighted by Crippen LogP contribution is -2.22. The van der Waals surface area contributed by atoms with Gasteiger partial charge in [-0.05, 0) is 12.1 Å². The van der Waals surface area contributed by atoms with E-state index >= 15 is 0 Å². The summed E-state index contributed by atoms with van der Waals surface area (Å²) in [6.07, 6.45) is 0.541. The third-order valence-electron chi connectivity index (χ3n) is 2.69. The van der Waals surface area contributed by atoms with Crippen LogP contribution in [0.1, 0.15) is 27.2 Å². The zero-order chi connectivity index (χ0) is 13.4. The number of aliphatic hydroxyl groups is 1. The van der Waals surface area contributed by atoms with Crippen molar-refractivity contribution in [2.24, 2.45) is 4.99 Å². The van der Waals surface area contributed by atoms with Crippen LogP contribution in [0.4, 0.5) is 5.69 Å². The van der Waals surface area contributed by atoms with Gasteiger partial charge in [-0.2, -0.15) is 0 Å². The summed E-state index contributed by atoms with van der Waals surface area (Å²) in [5, 5.41) is 23.5. The van der Waals surface area contributed by atoms with Gasteiger partial charge in [0.25, 0.3) is 0 Å². The van der Waals surface area contributed by atoms with Gasteiger partial charge in [0.1, 0.15) is 5.69 Å². The number of anilines is 1. The molecule has 0 amide bonds. The molecule has 7 heteroatoms. The predicted molar refractivity (Wildman–Crippen MR) is 70.6 cm³/mol. The van der Waals surface area contributed by atoms with Crippen molar-refractivity contribution in [2.75, 3.05) is 5.32 Å². The van der Waals surface area contributed by atoms with Crippen molar-refractivity contribution in [3.63, 3.8) is 0 Å². The van der Waals surface area contributed by atoms with E-state index in [4.69, 9.17) is 5.11 Å². The molecule has 1 aliphatic rings. The van der Waals surface area contributed by atoms with Crippen molar-refractivity contribution in [3.8, 4) is 0 Å². The molecule has 0 radical (unpaired) electrons. The summed E-state index contributed by atoms with van der Waals surface area (Å²) in [6.45, 7) is 0. The Morgan fingerprint density at radius 1 is 1.42 bits per heavy atom. The summed E-state index contributed by atoms with van der Waals surface area (Å²) in [6, 6.07) is 5.29. The molecule has 0 fully saturated rings. The first-order valence-corrected chi connectivity index (χ1v) is 6.34. The Kier molecular flexibility index (Phi) is 2.77. The van der Waals surface area contributed by atoms with E-state index in [-0.39, 0.29) is 5.56 Å². The summed E-state index contributed by atoms with van der Waals surface area (Å²) in [5.41, 5.74) is 1.07. The minimum absolute atomic E-state index is 0.127. The Morgan fingerprint density at radius 3 is 2.95 bits per heavy atom. The van der Waals surface area contributed by atoms with E-state index in [0.29, 0.717) is 22.1 Å². The number of thiophene rings is 1. The Hall–Kier alpha value is -2.25. The summed E-state index contributed by atoms with van der Waals surface area (Å²) < 4.78 is 0. The van der Waals surface area contributed by atoms with Gasteiger partial charge < -0.3 is 15.5 Å². The third kappa shape index (κ3) is 1.98. The molecule has 0 saturated heterocycles. The van der Waals surface area contributed by atoms with Crippen molar-refractivity contribution in [2.45, 2.75) is 6.23 Å². The maximum Gasteiger partial charge on any atom is 0.338 e. The standard InChI is InChI=1S/C12H9N3O3S/c16-11-9-8(6(5-19-9)12(17)18)14-10(15-11)7-3-1-2-4-13-7/h1-5,11,16H,(H,14,15)(H,17,18). The van der Waals surface area contributed by atoms with E-state index in [1.54, 1.807) is 24.4 Å². The minimum atomic E-state index is -1.06. The van der Waals surface area contributed by atoms with Gasteiger partial charge in [0.2, 0.25) is 0 Å². The van der Waals surface area contributed by atoms with Gasteiger partial charge in [-0.15, -0.1) is 11.3 Å². The highest BCUT2D eigenvalue weighted by molar-refractivity contribution is 7.11. The number of aliphatic imine (C=N–C) groups is 1. The van der Waals surface area contributed by atoms with Gasteiger partial charge in [-0.1, -0.05) is 6.07 Å². The van der Waals surface area contributed by atoms with Gasteiger partial charge in [0.15, 0.2) is 12.1 Å². The molecule has 0 saturated carbocycles. The van der Waals surface area contributed by atoms with E-state index in [1.165, 1.54) is 5.38 Å². The van der Waals surface area contributed by atoms with Crippen LogP contribution in [0.2, 0.25) is 0 Å². The summed E-state index contributed by atoms with van der Waals surface area (Å²) in [5.74, 6) is -0.680. The lowest BCUT2D eigenvalue weighted by molar-refractivity contribution is 0.0698. The number of rotatable bonds is 2. The van der Waals surface area contributed by atoms with Crippen LogP contribution in [0.15, 0.2) is 34.8 Å². The number of amidine groups is 1. The fraction of sp³-hybridized carbons (Fsp3) is 0.0833. The van der Waals surface area contributed by atoms with E-state index in [9.17, 15) is 9.90 Å². The number of nitrogens with one attached hydrogen (secondary N) is 1. The molecule has 0 bridgehead atoms. The molecule has 3 heterocycles. The van der Waals surface area contributed by atoms with Crippen molar-refractivity contribution >= 4 is 28.8 Å². The first-order valence-electron chi connectivity index (χ1n) is 5.46. The monoisotopic (exact) mass is 275 g/mol. The molecule has 0 aliphatic carbocycles. The number of aromatic carboxylic acids is 1. The molecule has 19 heavy (non-hydrogen) atoms. The van der Waals surface area contributed by atoms with Gasteiger partial charge in [0, 0.05) is 11.6 Å². The van der Waals surface area contributed by atoms with Gasteiger partial charge in [0.05, 0.1) is 16.1 Å². The number of aliphatic hydroxyl groups excluding tert-OH is 1. The summed E-state index contributed by atoms with van der Waals surface area (Å²) in [4.78, 5) is 19.8. The van der Waals surface area contributed by atoms with Crippen molar-refractivity contribution in [1.82, 2.24) is 4.98 Å². The fourth-order valence-corrected chi connectivity index (χ4v) is 2.73. The van der Waals surface area contributed by atoms with E-state index < -0.39 is 12.2 Å². The van der Waals surface area contributed by atoms with Crippen molar-refractivity contribution in [3.05, 3.63) is 45.9 Å². The zero-order valence-corrected chi connectivity index (χ0v) is 10.4. The lowest BCUT2D eigenvalue weighted by Gasteiger charge is -2.19. The molecule has 0 aromatic carbocycles. The number of carboxylic acid groups (broad SMARTS) is 1. The highest BCUT2D eigenvalue weighted by Crippen LogP contribution is 2.37. The smallest absolute Gasteiger partial charge is 0.338 e. The van der Waals surface area contributed by atoms with Gasteiger partial charge in [-0.3, -0.25) is 4.98 Å². The van der Waals surface area contributed by atoms with Gasteiger partial charge >= 0.3 is 5.97 Å². The molecule has 0 spiro atoms. The van der Waals surface area contributed by atoms with Crippen LogP contribution in [0.3, 0.4) is 0 Å². The average molecular weight is 275 g/mol. The molecule has 2 aromatic heterocycles. The molecule has 3 rings (SSSR count). The number of pyridine rings is 1. The summed E-state index contributed by atoms with van der Waals surface area (Å²) >= 11 is 1.16. The first-order chi connectivity index (χ1) is 9.16. The van der Waals surface area contributed by atoms with Crippen LogP contribution in [0.25, 0.3) is 0 Å². The van der Waals surface area contributed by atoms with Crippen LogP contribution < -0.4 is 5.32 Å². The molecule has 6 nitrogen and oxygen atoms in total. The average Bonchev–Trinajstić information content (AvgIpc) is 2.84. The quantitative estimate of drug-likeness (QED) is 0.775. The molecule has 1 atom stereocenters. The van der Waals surface area contributed by atoms with E-state index in [1.807, 2.05) is 0 Å². The second kappa shape index (κ2) is 4.45. The van der Waals surface area contributed by atoms with Crippen LogP contribution >= 0.6 is 11.3 Å². The topological polar surface area (TPSA) is 94.8 Å². The van der Waals surface area contributed by atoms with Gasteiger partial charge in [-0.25, -0.2) is 9.79 Å². The predicted octanol–water partition coefficient (Wildman–Crippen LogP) is 1.70. The minimum Gasteiger partial charge on any atom is -0.478 e. The zero-order valence-electron chi connectivity index (χ0n) is 9.57. The second-order valence-electron chi connectivity index (χ2n) is 3.89. The van der Waals surface area contributed by atoms with Crippen LogP contribution in [0.5, 0.6) is 0 Å². The Labute approximate surface area is 112 Å². The largest absolute Gasteiger partial charge is 0.478 e. The molecule has 2 aromatic rings. The summed E-state index contributed by atoms with van der Waals surface area (Å²) in [7, 11) is 0. The molecule has 3 N–H and O–H groups in total.